The molecular weight excluding hydrogens is 373 g/mol. The van der Waals surface area contributed by atoms with Gasteiger partial charge in [0.1, 0.15) is 17.6 Å². The molecule has 4 heterocycles. The van der Waals surface area contributed by atoms with Gasteiger partial charge in [0, 0.05) is 43.2 Å². The predicted molar refractivity (Wildman–Crippen MR) is 106 cm³/mol. The van der Waals surface area contributed by atoms with Crippen LogP contribution in [0.5, 0.6) is 5.75 Å². The average molecular weight is 395 g/mol. The van der Waals surface area contributed by atoms with Crippen molar-refractivity contribution in [3.05, 3.63) is 43.1 Å². The third-order valence-electron chi connectivity index (χ3n) is 5.98. The third kappa shape index (κ3) is 3.21. The van der Waals surface area contributed by atoms with Crippen molar-refractivity contribution >= 4 is 5.95 Å². The van der Waals surface area contributed by atoms with E-state index in [9.17, 15) is 9.50 Å². The van der Waals surface area contributed by atoms with Gasteiger partial charge in [0.2, 0.25) is 5.95 Å². The van der Waals surface area contributed by atoms with Crippen LogP contribution in [0.4, 0.5) is 10.3 Å². The summed E-state index contributed by atoms with van der Waals surface area (Å²) in [4.78, 5) is 10.2. The molecule has 2 aliphatic rings. The minimum Gasteiger partial charge on any atom is -0.507 e. The number of phenolic OH excluding ortho intramolecular Hbond substituents is 1. The first-order valence-electron chi connectivity index (χ1n) is 9.74. The van der Waals surface area contributed by atoms with E-state index in [0.29, 0.717) is 23.2 Å². The highest BCUT2D eigenvalue weighted by atomic mass is 19.1. The maximum Gasteiger partial charge on any atom is 0.245 e. The van der Waals surface area contributed by atoms with Crippen LogP contribution in [0.2, 0.25) is 0 Å². The van der Waals surface area contributed by atoms with Crippen LogP contribution in [0.25, 0.3) is 16.9 Å². The number of phenols is 1. The van der Waals surface area contributed by atoms with Crippen molar-refractivity contribution in [3.8, 4) is 22.7 Å². The number of imidazole rings is 1. The number of anilines is 1. The van der Waals surface area contributed by atoms with Crippen LogP contribution in [0.15, 0.2) is 43.1 Å². The van der Waals surface area contributed by atoms with Crippen LogP contribution in [0.1, 0.15) is 19.3 Å². The Hall–Kier alpha value is -3.07. The first-order chi connectivity index (χ1) is 14.1. The Morgan fingerprint density at radius 2 is 2.17 bits per heavy atom. The van der Waals surface area contributed by atoms with Crippen molar-refractivity contribution in [2.24, 2.45) is 0 Å². The molecule has 9 heteroatoms. The van der Waals surface area contributed by atoms with Crippen molar-refractivity contribution in [1.82, 2.24) is 30.0 Å². The fraction of sp³-hybridized carbons (Fsp3) is 0.400. The molecule has 0 spiro atoms. The molecule has 2 bridgehead atoms. The van der Waals surface area contributed by atoms with Gasteiger partial charge in [-0.1, -0.05) is 0 Å². The fourth-order valence-electron chi connectivity index (χ4n) is 4.36. The monoisotopic (exact) mass is 395 g/mol. The molecule has 0 amide bonds. The third-order valence-corrected chi connectivity index (χ3v) is 5.98. The predicted octanol–water partition coefficient (Wildman–Crippen LogP) is 2.10. The number of hydrogen-bond acceptors (Lipinski definition) is 7. The topological polar surface area (TPSA) is 92.0 Å². The van der Waals surface area contributed by atoms with E-state index in [1.165, 1.54) is 0 Å². The normalized spacial score (nSPS) is 25.9. The van der Waals surface area contributed by atoms with E-state index < -0.39 is 6.17 Å². The summed E-state index contributed by atoms with van der Waals surface area (Å²) in [5.41, 5.74) is 1.78. The maximum atomic E-state index is 14.8. The van der Waals surface area contributed by atoms with E-state index in [0.717, 1.165) is 24.9 Å². The number of nitrogens with zero attached hydrogens (tertiary/aromatic N) is 6. The van der Waals surface area contributed by atoms with E-state index in [1.807, 2.05) is 13.1 Å². The number of benzene rings is 1. The number of rotatable bonds is 4. The number of halogens is 1. The van der Waals surface area contributed by atoms with Crippen LogP contribution in [-0.4, -0.2) is 61.2 Å². The molecule has 8 nitrogen and oxygen atoms in total. The number of hydrogen-bond donors (Lipinski definition) is 2. The summed E-state index contributed by atoms with van der Waals surface area (Å²) in [6.07, 6.45) is 8.36. The molecule has 3 aromatic rings. The molecule has 0 aliphatic carbocycles. The van der Waals surface area contributed by atoms with Gasteiger partial charge in [-0.05, 0) is 31.4 Å². The fourth-order valence-corrected chi connectivity index (χ4v) is 4.36. The molecular formula is C20H22FN7O. The highest BCUT2D eigenvalue weighted by Crippen LogP contribution is 2.33. The molecule has 2 aromatic heterocycles. The molecule has 5 rings (SSSR count). The Labute approximate surface area is 167 Å². The minimum atomic E-state index is -0.957. The van der Waals surface area contributed by atoms with Crippen LogP contribution >= 0.6 is 0 Å². The molecule has 2 aliphatic heterocycles. The lowest BCUT2D eigenvalue weighted by Gasteiger charge is -2.38. The highest BCUT2D eigenvalue weighted by Gasteiger charge is 2.44. The average Bonchev–Trinajstić information content (AvgIpc) is 3.41. The van der Waals surface area contributed by atoms with Crippen LogP contribution in [-0.2, 0) is 0 Å². The summed E-state index contributed by atoms with van der Waals surface area (Å²) < 4.78 is 16.6. The first-order valence-corrected chi connectivity index (χ1v) is 9.74. The number of nitrogens with one attached hydrogen (secondary N) is 1. The molecule has 29 heavy (non-hydrogen) atoms. The van der Waals surface area contributed by atoms with Gasteiger partial charge in [0.05, 0.1) is 24.3 Å². The lowest BCUT2D eigenvalue weighted by Crippen LogP contribution is -2.55. The maximum absolute atomic E-state index is 14.8. The zero-order chi connectivity index (χ0) is 20.0. The van der Waals surface area contributed by atoms with Gasteiger partial charge >= 0.3 is 0 Å². The second-order valence-electron chi connectivity index (χ2n) is 7.72. The molecule has 2 saturated heterocycles. The van der Waals surface area contributed by atoms with Gasteiger partial charge in [-0.25, -0.2) is 14.4 Å². The summed E-state index contributed by atoms with van der Waals surface area (Å²) >= 11 is 0. The van der Waals surface area contributed by atoms with E-state index in [-0.39, 0.29) is 17.8 Å². The smallest absolute Gasteiger partial charge is 0.245 e. The Morgan fingerprint density at radius 3 is 2.90 bits per heavy atom. The minimum absolute atomic E-state index is 0.0761. The Kier molecular flexibility index (Phi) is 4.39. The van der Waals surface area contributed by atoms with Gasteiger partial charge in [0.25, 0.3) is 0 Å². The number of alkyl halides is 1. The Morgan fingerprint density at radius 1 is 1.28 bits per heavy atom. The number of piperidine rings is 1. The van der Waals surface area contributed by atoms with E-state index in [1.54, 1.807) is 46.5 Å². The van der Waals surface area contributed by atoms with Gasteiger partial charge in [-0.2, -0.15) is 0 Å². The van der Waals surface area contributed by atoms with Crippen molar-refractivity contribution in [2.75, 3.05) is 11.9 Å². The van der Waals surface area contributed by atoms with E-state index >= 15 is 0 Å². The zero-order valence-electron chi connectivity index (χ0n) is 16.0. The molecule has 1 aromatic carbocycles. The molecule has 4 atom stereocenters. The van der Waals surface area contributed by atoms with Crippen LogP contribution in [0.3, 0.4) is 0 Å². The Balaban J connectivity index is 1.36. The quantitative estimate of drug-likeness (QED) is 0.699. The summed E-state index contributed by atoms with van der Waals surface area (Å²) in [5.74, 6) is 0.462. The van der Waals surface area contributed by atoms with Gasteiger partial charge < -0.3 is 19.9 Å². The van der Waals surface area contributed by atoms with Gasteiger partial charge in [-0.3, -0.25) is 0 Å². The van der Waals surface area contributed by atoms with E-state index in [2.05, 4.69) is 25.5 Å². The largest absolute Gasteiger partial charge is 0.507 e. The second kappa shape index (κ2) is 7.07. The zero-order valence-corrected chi connectivity index (χ0v) is 16.0. The summed E-state index contributed by atoms with van der Waals surface area (Å²) in [6, 6.07) is 5.28. The lowest BCUT2D eigenvalue weighted by atomic mass is 9.97. The second-order valence-corrected chi connectivity index (χ2v) is 7.72. The summed E-state index contributed by atoms with van der Waals surface area (Å²) in [5, 5.41) is 22.2. The summed E-state index contributed by atoms with van der Waals surface area (Å²) in [7, 11) is 1.82. The molecule has 2 fully saturated rings. The molecule has 2 N–H and O–H groups in total. The van der Waals surface area contributed by atoms with Crippen LogP contribution in [0, 0.1) is 0 Å². The highest BCUT2D eigenvalue weighted by molar-refractivity contribution is 5.68. The number of aromatic hydroxyl groups is 1. The first kappa shape index (κ1) is 18.0. The SMILES string of the molecule is CN(c1ncc(-c2ccc(-n3ccnc3)cc2O)nn1)[C@H]1C[C@@H]2CCC(N2)[C@@H]1F. The van der Waals surface area contributed by atoms with Crippen molar-refractivity contribution in [1.29, 1.82) is 0 Å². The lowest BCUT2D eigenvalue weighted by molar-refractivity contribution is 0.175. The van der Waals surface area contributed by atoms with Crippen molar-refractivity contribution in [3.63, 3.8) is 0 Å². The summed E-state index contributed by atoms with van der Waals surface area (Å²) in [6.45, 7) is 0. The molecule has 150 valence electrons. The van der Waals surface area contributed by atoms with Crippen molar-refractivity contribution < 1.29 is 9.50 Å². The molecule has 0 saturated carbocycles. The van der Waals surface area contributed by atoms with Crippen LogP contribution < -0.4 is 10.2 Å². The van der Waals surface area contributed by atoms with Crippen molar-refractivity contribution in [2.45, 2.75) is 43.6 Å². The number of fused-ring (bicyclic) bond motifs is 2. The van der Waals surface area contributed by atoms with E-state index in [4.69, 9.17) is 0 Å². The Bertz CT molecular complexity index is 995. The van der Waals surface area contributed by atoms with Gasteiger partial charge in [-0.15, -0.1) is 10.2 Å². The van der Waals surface area contributed by atoms with Gasteiger partial charge in [0.15, 0.2) is 0 Å². The number of aromatic nitrogens is 5. The molecule has 1 unspecified atom stereocenters. The molecule has 0 radical (unpaired) electrons. The standard InChI is InChI=1S/C20H22FN7O/c1-27(17-8-12-2-5-15(24-12)19(17)21)20-23-10-16(25-26-20)14-4-3-13(9-18(14)29)28-7-6-22-11-28/h3-4,6-7,9-12,15,17,19,24,29H,2,5,8H2,1H3/t12-,15?,17-,19-/m0/s1.